The Kier molecular flexibility index (Phi) is 5.37. The first-order chi connectivity index (χ1) is 14.4. The summed E-state index contributed by atoms with van der Waals surface area (Å²) in [5.41, 5.74) is 1.49. The van der Waals surface area contributed by atoms with Crippen molar-refractivity contribution in [1.29, 1.82) is 0 Å². The number of carboxylic acid groups (broad SMARTS) is 1. The van der Waals surface area contributed by atoms with Crippen molar-refractivity contribution in [1.82, 2.24) is 14.3 Å². The van der Waals surface area contributed by atoms with Gasteiger partial charge in [0, 0.05) is 29.3 Å². The molecule has 0 aliphatic carbocycles. The van der Waals surface area contributed by atoms with Crippen LogP contribution in [0.3, 0.4) is 0 Å². The summed E-state index contributed by atoms with van der Waals surface area (Å²) in [7, 11) is 0. The molecule has 0 aliphatic heterocycles. The van der Waals surface area contributed by atoms with Gasteiger partial charge in [0.2, 0.25) is 0 Å². The van der Waals surface area contributed by atoms with Crippen molar-refractivity contribution >= 4 is 40.1 Å². The number of rotatable bonds is 5. The van der Waals surface area contributed by atoms with Gasteiger partial charge in [-0.1, -0.05) is 47.5 Å². The Hall–Kier alpha value is -3.09. The number of aromatic nitrogens is 3. The second kappa shape index (κ2) is 7.97. The van der Waals surface area contributed by atoms with Crippen LogP contribution in [-0.2, 0) is 13.1 Å². The first kappa shape index (κ1) is 20.2. The molecule has 0 aliphatic rings. The molecule has 6 nitrogen and oxygen atoms in total. The van der Waals surface area contributed by atoms with Crippen molar-refractivity contribution in [3.8, 4) is 11.3 Å². The van der Waals surface area contributed by atoms with E-state index in [2.05, 4.69) is 5.10 Å². The van der Waals surface area contributed by atoms with E-state index in [-0.39, 0.29) is 10.6 Å². The molecule has 2 heterocycles. The first-order valence-electron chi connectivity index (χ1n) is 9.26. The molecular formula is C22H17Cl2N3O3. The van der Waals surface area contributed by atoms with E-state index in [0.717, 1.165) is 10.9 Å². The number of carboxylic acids is 1. The predicted octanol–water partition coefficient (Wildman–Crippen LogP) is 4.94. The molecule has 4 aromatic rings. The van der Waals surface area contributed by atoms with Crippen LogP contribution in [0.1, 0.15) is 23.0 Å². The van der Waals surface area contributed by atoms with E-state index >= 15 is 0 Å². The van der Waals surface area contributed by atoms with E-state index in [0.29, 0.717) is 35.1 Å². The van der Waals surface area contributed by atoms with Gasteiger partial charge in [0.25, 0.3) is 0 Å². The summed E-state index contributed by atoms with van der Waals surface area (Å²) < 4.78 is 3.59. The standard InChI is InChI=1S/C22H17Cl2N3O3/c1-2-26-15(12-27-18-6-4-3-5-14(18)11-25-27)10-19(28)20(22(29)30)21(26)13-7-8-16(23)17(24)9-13/h3-11H,2,12H2,1H3,(H,29,30). The van der Waals surface area contributed by atoms with Gasteiger partial charge in [-0.2, -0.15) is 5.10 Å². The van der Waals surface area contributed by atoms with E-state index in [9.17, 15) is 14.7 Å². The molecule has 0 amide bonds. The maximum atomic E-state index is 12.8. The largest absolute Gasteiger partial charge is 0.477 e. The van der Waals surface area contributed by atoms with Crippen molar-refractivity contribution in [3.05, 3.63) is 86.3 Å². The summed E-state index contributed by atoms with van der Waals surface area (Å²) in [4.78, 5) is 24.8. The molecule has 0 fully saturated rings. The first-order valence-corrected chi connectivity index (χ1v) is 10.0. The van der Waals surface area contributed by atoms with Crippen molar-refractivity contribution in [2.75, 3.05) is 0 Å². The third kappa shape index (κ3) is 3.49. The molecule has 0 bridgehead atoms. The lowest BCUT2D eigenvalue weighted by atomic mass is 10.0. The molecule has 0 saturated heterocycles. The number of fused-ring (bicyclic) bond motifs is 1. The highest BCUT2D eigenvalue weighted by molar-refractivity contribution is 6.42. The zero-order chi connectivity index (χ0) is 21.4. The fraction of sp³-hybridized carbons (Fsp3) is 0.136. The number of aromatic carboxylic acids is 1. The number of benzene rings is 2. The van der Waals surface area contributed by atoms with Gasteiger partial charge in [0.05, 0.1) is 34.0 Å². The number of hydrogen-bond donors (Lipinski definition) is 1. The number of nitrogens with zero attached hydrogens (tertiary/aromatic N) is 3. The molecule has 4 rings (SSSR count). The normalized spacial score (nSPS) is 11.2. The van der Waals surface area contributed by atoms with Crippen LogP contribution in [0.4, 0.5) is 0 Å². The predicted molar refractivity (Wildman–Crippen MR) is 118 cm³/mol. The Morgan fingerprint density at radius 3 is 2.57 bits per heavy atom. The lowest BCUT2D eigenvalue weighted by molar-refractivity contribution is 0.0695. The quantitative estimate of drug-likeness (QED) is 0.475. The van der Waals surface area contributed by atoms with Crippen molar-refractivity contribution in [2.45, 2.75) is 20.0 Å². The number of para-hydroxylation sites is 1. The highest BCUT2D eigenvalue weighted by Gasteiger charge is 2.22. The van der Waals surface area contributed by atoms with Crippen LogP contribution in [-0.4, -0.2) is 25.4 Å². The Morgan fingerprint density at radius 2 is 1.87 bits per heavy atom. The Balaban J connectivity index is 1.96. The van der Waals surface area contributed by atoms with E-state index in [4.69, 9.17) is 23.2 Å². The fourth-order valence-electron chi connectivity index (χ4n) is 3.64. The number of pyridine rings is 1. The minimum Gasteiger partial charge on any atom is -0.477 e. The van der Waals surface area contributed by atoms with Gasteiger partial charge in [-0.25, -0.2) is 4.79 Å². The van der Waals surface area contributed by atoms with Gasteiger partial charge in [-0.15, -0.1) is 0 Å². The van der Waals surface area contributed by atoms with Gasteiger partial charge in [0.15, 0.2) is 5.43 Å². The summed E-state index contributed by atoms with van der Waals surface area (Å²) in [6, 6.07) is 13.9. The Labute approximate surface area is 181 Å². The molecule has 152 valence electrons. The minimum absolute atomic E-state index is 0.282. The van der Waals surface area contributed by atoms with Gasteiger partial charge in [0.1, 0.15) is 5.56 Å². The minimum atomic E-state index is -1.29. The average Bonchev–Trinajstić information content (AvgIpc) is 3.12. The van der Waals surface area contributed by atoms with E-state index in [1.807, 2.05) is 31.2 Å². The SMILES string of the molecule is CCn1c(Cn2ncc3ccccc32)cc(=O)c(C(=O)O)c1-c1ccc(Cl)c(Cl)c1. The van der Waals surface area contributed by atoms with Gasteiger partial charge < -0.3 is 9.67 Å². The van der Waals surface area contributed by atoms with Gasteiger partial charge >= 0.3 is 5.97 Å². The number of halogens is 2. The number of hydrogen-bond acceptors (Lipinski definition) is 3. The van der Waals surface area contributed by atoms with Crippen LogP contribution in [0.2, 0.25) is 10.0 Å². The molecule has 0 unspecified atom stereocenters. The zero-order valence-corrected chi connectivity index (χ0v) is 17.5. The van der Waals surface area contributed by atoms with E-state index in [1.165, 1.54) is 6.07 Å². The summed E-state index contributed by atoms with van der Waals surface area (Å²) >= 11 is 12.2. The van der Waals surface area contributed by atoms with Gasteiger partial charge in [-0.3, -0.25) is 9.48 Å². The van der Waals surface area contributed by atoms with Crippen LogP contribution in [0.25, 0.3) is 22.2 Å². The maximum Gasteiger partial charge on any atom is 0.341 e. The van der Waals surface area contributed by atoms with Crippen LogP contribution >= 0.6 is 23.2 Å². The summed E-state index contributed by atoms with van der Waals surface area (Å²) in [5.74, 6) is -1.29. The van der Waals surface area contributed by atoms with Gasteiger partial charge in [-0.05, 0) is 25.1 Å². The van der Waals surface area contributed by atoms with Crippen molar-refractivity contribution < 1.29 is 9.90 Å². The second-order valence-electron chi connectivity index (χ2n) is 6.76. The summed E-state index contributed by atoms with van der Waals surface area (Å²) in [6.07, 6.45) is 1.76. The molecular weight excluding hydrogens is 425 g/mol. The Morgan fingerprint density at radius 1 is 1.10 bits per heavy atom. The highest BCUT2D eigenvalue weighted by Crippen LogP contribution is 2.31. The third-order valence-corrected chi connectivity index (χ3v) is 5.72. The van der Waals surface area contributed by atoms with E-state index in [1.54, 1.807) is 33.6 Å². The summed E-state index contributed by atoms with van der Waals surface area (Å²) in [6.45, 7) is 2.65. The van der Waals surface area contributed by atoms with E-state index < -0.39 is 11.4 Å². The molecule has 1 N–H and O–H groups in total. The lowest BCUT2D eigenvalue weighted by Crippen LogP contribution is -2.24. The smallest absolute Gasteiger partial charge is 0.341 e. The molecule has 0 spiro atoms. The fourth-order valence-corrected chi connectivity index (χ4v) is 3.94. The monoisotopic (exact) mass is 441 g/mol. The van der Waals surface area contributed by atoms with Crippen LogP contribution in [0.15, 0.2) is 59.5 Å². The molecule has 8 heteroatoms. The number of carbonyl (C=O) groups is 1. The summed E-state index contributed by atoms with van der Waals surface area (Å²) in [5, 5.41) is 15.8. The maximum absolute atomic E-state index is 12.8. The topological polar surface area (TPSA) is 77.1 Å². The van der Waals surface area contributed by atoms with Crippen molar-refractivity contribution in [2.24, 2.45) is 0 Å². The Bertz CT molecular complexity index is 1340. The molecule has 0 atom stereocenters. The van der Waals surface area contributed by atoms with Crippen LogP contribution < -0.4 is 5.43 Å². The molecule has 30 heavy (non-hydrogen) atoms. The zero-order valence-electron chi connectivity index (χ0n) is 16.0. The van der Waals surface area contributed by atoms with Crippen LogP contribution in [0.5, 0.6) is 0 Å². The molecule has 0 radical (unpaired) electrons. The third-order valence-electron chi connectivity index (χ3n) is 4.98. The van der Waals surface area contributed by atoms with Crippen molar-refractivity contribution in [3.63, 3.8) is 0 Å². The molecule has 0 saturated carbocycles. The average molecular weight is 442 g/mol. The molecule has 2 aromatic heterocycles. The molecule has 2 aromatic carbocycles. The van der Waals surface area contributed by atoms with Crippen LogP contribution in [0, 0.1) is 0 Å². The lowest BCUT2D eigenvalue weighted by Gasteiger charge is -2.20. The second-order valence-corrected chi connectivity index (χ2v) is 7.58. The highest BCUT2D eigenvalue weighted by atomic mass is 35.5.